The molecule has 0 radical (unpaired) electrons. The van der Waals surface area contributed by atoms with Crippen molar-refractivity contribution in [1.82, 2.24) is 0 Å². The predicted molar refractivity (Wildman–Crippen MR) is 59.1 cm³/mol. The maximum absolute atomic E-state index is 11.7. The number of hydrogen-bond acceptors (Lipinski definition) is 9. The first-order valence-electron chi connectivity index (χ1n) is 5.08. The molecule has 0 amide bonds. The molecular weight excluding hydrogens is 246 g/mol. The number of carbonyl (C=O) groups excluding carboxylic acids is 3. The van der Waals surface area contributed by atoms with Crippen molar-refractivity contribution in [2.75, 3.05) is 26.2 Å². The van der Waals surface area contributed by atoms with Gasteiger partial charge in [-0.05, 0) is 0 Å². The van der Waals surface area contributed by atoms with Crippen molar-refractivity contribution in [2.45, 2.75) is 11.7 Å². The predicted octanol–water partition coefficient (Wildman–Crippen LogP) is -4.36. The molecule has 0 fully saturated rings. The van der Waals surface area contributed by atoms with Gasteiger partial charge in [-0.15, -0.1) is 0 Å². The van der Waals surface area contributed by atoms with Gasteiger partial charge in [0.25, 0.3) is 5.60 Å². The van der Waals surface area contributed by atoms with E-state index in [0.717, 1.165) is 0 Å². The number of aliphatic hydroxyl groups is 2. The van der Waals surface area contributed by atoms with E-state index >= 15 is 0 Å². The molecule has 104 valence electrons. The first-order chi connectivity index (χ1) is 8.40. The fraction of sp³-hybridized carbons (Fsp3) is 0.667. The second-order valence-electron chi connectivity index (χ2n) is 3.37. The zero-order valence-corrected chi connectivity index (χ0v) is 9.67. The lowest BCUT2D eigenvalue weighted by Gasteiger charge is -2.33. The fourth-order valence-corrected chi connectivity index (χ4v) is 1.36. The van der Waals surface area contributed by atoms with Crippen LogP contribution in [0.25, 0.3) is 0 Å². The highest BCUT2D eigenvalue weighted by Gasteiger charge is 2.53. The number of nitrogens with two attached hydrogens (primary N) is 3. The lowest BCUT2D eigenvalue weighted by atomic mass is 9.86. The Labute approximate surface area is 103 Å². The van der Waals surface area contributed by atoms with E-state index in [0.29, 0.717) is 0 Å². The minimum Gasteiger partial charge on any atom is -0.439 e. The molecule has 9 heteroatoms. The molecule has 0 aliphatic heterocycles. The molecule has 0 aliphatic rings. The second kappa shape index (κ2) is 7.13. The molecule has 0 heterocycles. The Morgan fingerprint density at radius 3 is 1.78 bits per heavy atom. The van der Waals surface area contributed by atoms with Crippen LogP contribution >= 0.6 is 0 Å². The Balaban J connectivity index is 5.61. The maximum Gasteiger partial charge on any atom is 0.321 e. The highest BCUT2D eigenvalue weighted by atomic mass is 16.6. The molecule has 1 atom stereocenters. The highest BCUT2D eigenvalue weighted by Crippen LogP contribution is 2.20. The minimum absolute atomic E-state index is 0.615. The van der Waals surface area contributed by atoms with Gasteiger partial charge in [-0.1, -0.05) is 0 Å². The average molecular weight is 263 g/mol. The van der Waals surface area contributed by atoms with Crippen LogP contribution in [-0.2, 0) is 19.1 Å². The van der Waals surface area contributed by atoms with Crippen LogP contribution in [0.15, 0.2) is 0 Å². The van der Waals surface area contributed by atoms with Gasteiger partial charge >= 0.3 is 5.97 Å². The van der Waals surface area contributed by atoms with Gasteiger partial charge in [0.15, 0.2) is 0 Å². The van der Waals surface area contributed by atoms with Gasteiger partial charge in [0.1, 0.15) is 6.10 Å². The SMILES string of the molecule is NCC(=O)OC(C(=O)CN)(C(=O)CN)C(O)CO. The lowest BCUT2D eigenvalue weighted by Crippen LogP contribution is -2.63. The number of ether oxygens (including phenoxy) is 1. The van der Waals surface area contributed by atoms with Gasteiger partial charge < -0.3 is 32.2 Å². The molecule has 0 aliphatic carbocycles. The monoisotopic (exact) mass is 263 g/mol. The normalized spacial score (nSPS) is 12.9. The first-order valence-corrected chi connectivity index (χ1v) is 5.08. The van der Waals surface area contributed by atoms with Crippen molar-refractivity contribution < 1.29 is 29.3 Å². The van der Waals surface area contributed by atoms with E-state index in [1.165, 1.54) is 0 Å². The topological polar surface area (TPSA) is 179 Å². The third-order valence-corrected chi connectivity index (χ3v) is 2.28. The minimum atomic E-state index is -2.60. The Morgan fingerprint density at radius 2 is 1.50 bits per heavy atom. The standard InChI is InChI=1S/C9H17N3O6/c10-1-5(14)9(6(15)2-11,7(16)4-13)18-8(17)3-12/h7,13,16H,1-4,10-12H2. The molecule has 8 N–H and O–H groups in total. The number of esters is 1. The summed E-state index contributed by atoms with van der Waals surface area (Å²) in [5.74, 6) is -3.24. The summed E-state index contributed by atoms with van der Waals surface area (Å²) >= 11 is 0. The van der Waals surface area contributed by atoms with Gasteiger partial charge in [0, 0.05) is 0 Å². The van der Waals surface area contributed by atoms with Crippen molar-refractivity contribution in [2.24, 2.45) is 17.2 Å². The summed E-state index contributed by atoms with van der Waals surface area (Å²) in [5.41, 5.74) is 12.6. The molecule has 0 spiro atoms. The summed E-state index contributed by atoms with van der Waals surface area (Å²) in [6.45, 7) is -2.97. The summed E-state index contributed by atoms with van der Waals surface area (Å²) in [7, 11) is 0. The zero-order chi connectivity index (χ0) is 14.3. The third kappa shape index (κ3) is 3.09. The molecule has 0 saturated carbocycles. The van der Waals surface area contributed by atoms with Gasteiger partial charge in [0.2, 0.25) is 11.6 Å². The van der Waals surface area contributed by atoms with Crippen molar-refractivity contribution >= 4 is 17.5 Å². The summed E-state index contributed by atoms with van der Waals surface area (Å²) in [5, 5.41) is 18.5. The van der Waals surface area contributed by atoms with Gasteiger partial charge in [0.05, 0.1) is 26.2 Å². The van der Waals surface area contributed by atoms with Crippen molar-refractivity contribution in [3.05, 3.63) is 0 Å². The van der Waals surface area contributed by atoms with E-state index in [1.807, 2.05) is 0 Å². The second-order valence-corrected chi connectivity index (χ2v) is 3.37. The molecular formula is C9H17N3O6. The summed E-state index contributed by atoms with van der Waals surface area (Å²) in [6.07, 6.45) is -1.96. The molecule has 0 saturated heterocycles. The van der Waals surface area contributed by atoms with E-state index < -0.39 is 55.5 Å². The van der Waals surface area contributed by atoms with Crippen LogP contribution in [0.3, 0.4) is 0 Å². The van der Waals surface area contributed by atoms with Gasteiger partial charge in [-0.2, -0.15) is 0 Å². The smallest absolute Gasteiger partial charge is 0.321 e. The van der Waals surface area contributed by atoms with Crippen LogP contribution in [0.4, 0.5) is 0 Å². The largest absolute Gasteiger partial charge is 0.439 e. The van der Waals surface area contributed by atoms with E-state index in [1.54, 1.807) is 0 Å². The Bertz CT molecular complexity index is 316. The molecule has 1 unspecified atom stereocenters. The molecule has 18 heavy (non-hydrogen) atoms. The van der Waals surface area contributed by atoms with Gasteiger partial charge in [-0.3, -0.25) is 14.4 Å². The van der Waals surface area contributed by atoms with E-state index in [9.17, 15) is 19.5 Å². The molecule has 9 nitrogen and oxygen atoms in total. The average Bonchev–Trinajstić information content (AvgIpc) is 2.41. The van der Waals surface area contributed by atoms with Crippen LogP contribution in [0.2, 0.25) is 0 Å². The Kier molecular flexibility index (Phi) is 6.58. The van der Waals surface area contributed by atoms with E-state index in [4.69, 9.17) is 22.3 Å². The number of aliphatic hydroxyl groups excluding tert-OH is 2. The van der Waals surface area contributed by atoms with Crippen LogP contribution in [-0.4, -0.2) is 65.7 Å². The molecule has 0 aromatic rings. The van der Waals surface area contributed by atoms with E-state index in [-0.39, 0.29) is 0 Å². The third-order valence-electron chi connectivity index (χ3n) is 2.28. The number of hydrogen-bond donors (Lipinski definition) is 5. The van der Waals surface area contributed by atoms with Crippen molar-refractivity contribution in [1.29, 1.82) is 0 Å². The number of carbonyl (C=O) groups is 3. The number of rotatable bonds is 8. The summed E-state index contributed by atoms with van der Waals surface area (Å²) < 4.78 is 4.61. The Morgan fingerprint density at radius 1 is 1.06 bits per heavy atom. The first kappa shape index (κ1) is 16.6. The summed E-state index contributed by atoms with van der Waals surface area (Å²) in [4.78, 5) is 34.6. The maximum atomic E-state index is 11.7. The van der Waals surface area contributed by atoms with Crippen molar-refractivity contribution in [3.63, 3.8) is 0 Å². The fourth-order valence-electron chi connectivity index (χ4n) is 1.36. The molecule has 0 aromatic heterocycles. The van der Waals surface area contributed by atoms with Gasteiger partial charge in [-0.25, -0.2) is 0 Å². The lowest BCUT2D eigenvalue weighted by molar-refractivity contribution is -0.186. The number of Topliss-reactive ketones (excluding diaryl/α,β-unsaturated/α-hetero) is 2. The van der Waals surface area contributed by atoms with Crippen LogP contribution < -0.4 is 17.2 Å². The summed E-state index contributed by atoms with van der Waals surface area (Å²) in [6, 6.07) is 0. The van der Waals surface area contributed by atoms with Crippen LogP contribution in [0.1, 0.15) is 0 Å². The van der Waals surface area contributed by atoms with Crippen LogP contribution in [0, 0.1) is 0 Å². The Hall–Kier alpha value is -1.39. The molecule has 0 bridgehead atoms. The van der Waals surface area contributed by atoms with E-state index in [2.05, 4.69) is 4.74 Å². The highest BCUT2D eigenvalue weighted by molar-refractivity contribution is 6.13. The molecule has 0 rings (SSSR count). The number of ketones is 2. The zero-order valence-electron chi connectivity index (χ0n) is 9.67. The molecule has 0 aromatic carbocycles. The van der Waals surface area contributed by atoms with Crippen LogP contribution in [0.5, 0.6) is 0 Å². The quantitative estimate of drug-likeness (QED) is 0.213. The van der Waals surface area contributed by atoms with Crippen molar-refractivity contribution in [3.8, 4) is 0 Å².